The van der Waals surface area contributed by atoms with Crippen LogP contribution in [0.15, 0.2) is 98.2 Å². The van der Waals surface area contributed by atoms with E-state index in [1.807, 2.05) is 0 Å². The lowest BCUT2D eigenvalue weighted by atomic mass is 9.77. The van der Waals surface area contributed by atoms with Crippen molar-refractivity contribution in [3.63, 3.8) is 0 Å². The van der Waals surface area contributed by atoms with E-state index in [-0.39, 0.29) is 67.5 Å². The molecule has 4 aromatic carbocycles. The smallest absolute Gasteiger partial charge is 0.357 e. The van der Waals surface area contributed by atoms with Crippen LogP contribution in [0.5, 0.6) is 28.7 Å². The summed E-state index contributed by atoms with van der Waals surface area (Å²) in [6.07, 6.45) is 0. The molecule has 5 heterocycles. The predicted octanol–water partition coefficient (Wildman–Crippen LogP) is 5.00. The zero-order chi connectivity index (χ0) is 53.5. The molecule has 2 N–H and O–H groups in total. The van der Waals surface area contributed by atoms with E-state index in [1.165, 1.54) is 86.8 Å². The molecule has 2 unspecified atom stereocenters. The van der Waals surface area contributed by atoms with E-state index in [4.69, 9.17) is 53.9 Å². The summed E-state index contributed by atoms with van der Waals surface area (Å²) >= 11 is 8.71. The Balaban J connectivity index is 0.910. The lowest BCUT2D eigenvalue weighted by molar-refractivity contribution is -0.166. The van der Waals surface area contributed by atoms with Gasteiger partial charge in [0.05, 0.1) is 17.1 Å². The predicted molar refractivity (Wildman–Crippen MR) is 260 cm³/mol. The van der Waals surface area contributed by atoms with Gasteiger partial charge in [-0.3, -0.25) is 38.5 Å². The van der Waals surface area contributed by atoms with Crippen LogP contribution in [0.2, 0.25) is 5.02 Å². The minimum absolute atomic E-state index is 0.00311. The summed E-state index contributed by atoms with van der Waals surface area (Å²) in [6, 6.07) is 17.0. The van der Waals surface area contributed by atoms with Crippen molar-refractivity contribution in [1.82, 2.24) is 15.5 Å². The first-order chi connectivity index (χ1) is 35.8. The van der Waals surface area contributed by atoms with Crippen LogP contribution in [0.4, 0.5) is 0 Å². The van der Waals surface area contributed by atoms with Crippen LogP contribution >= 0.6 is 35.1 Å². The maximum absolute atomic E-state index is 14.0. The number of carbonyl (C=O) groups excluding carboxylic acids is 9. The number of thioether (sulfide) groups is 2. The van der Waals surface area contributed by atoms with Gasteiger partial charge < -0.3 is 52.9 Å². The number of fused-ring (bicyclic) bond motifs is 8. The maximum atomic E-state index is 14.0. The molecule has 1 spiro atoms. The maximum Gasteiger partial charge on any atom is 0.357 e. The number of amides is 3. The second-order valence-corrected chi connectivity index (χ2v) is 19.2. The fourth-order valence-electron chi connectivity index (χ4n) is 8.45. The second kappa shape index (κ2) is 20.9. The van der Waals surface area contributed by atoms with Gasteiger partial charge in [0.15, 0.2) is 5.60 Å². The van der Waals surface area contributed by atoms with Crippen molar-refractivity contribution in [2.75, 3.05) is 31.6 Å². The zero-order valence-corrected chi connectivity index (χ0v) is 41.9. The molecule has 4 aliphatic rings. The minimum atomic E-state index is -1.56. The Morgan fingerprint density at radius 2 is 1.44 bits per heavy atom. The molecule has 9 rings (SSSR count). The number of esters is 6. The van der Waals surface area contributed by atoms with Crippen molar-refractivity contribution < 1.29 is 85.5 Å². The number of ether oxygens (including phenoxy) is 8. The molecule has 22 nitrogen and oxygen atoms in total. The number of nitrogens with zero attached hydrogens (tertiary/aromatic N) is 1. The summed E-state index contributed by atoms with van der Waals surface area (Å²) in [6.45, 7) is 2.90. The molecule has 75 heavy (non-hydrogen) atoms. The van der Waals surface area contributed by atoms with E-state index in [0.717, 1.165) is 11.8 Å². The Hall–Kier alpha value is -8.35. The van der Waals surface area contributed by atoms with Crippen molar-refractivity contribution in [3.8, 4) is 28.7 Å². The van der Waals surface area contributed by atoms with E-state index in [0.29, 0.717) is 27.2 Å². The van der Waals surface area contributed by atoms with Crippen molar-refractivity contribution in [2.45, 2.75) is 49.6 Å². The Morgan fingerprint density at radius 1 is 0.787 bits per heavy atom. The van der Waals surface area contributed by atoms with Crippen LogP contribution in [-0.4, -0.2) is 101 Å². The molecule has 4 aliphatic heterocycles. The van der Waals surface area contributed by atoms with Crippen LogP contribution in [0.3, 0.4) is 0 Å². The van der Waals surface area contributed by atoms with Crippen LogP contribution < -0.4 is 35.2 Å². The van der Waals surface area contributed by atoms with E-state index < -0.39 is 102 Å². The van der Waals surface area contributed by atoms with Crippen LogP contribution in [0.1, 0.15) is 65.1 Å². The second-order valence-electron chi connectivity index (χ2n) is 16.6. The fraction of sp³-hybridized carbons (Fsp3) is 0.240. The summed E-state index contributed by atoms with van der Waals surface area (Å²) in [5.74, 6) is -5.64. The Bertz CT molecular complexity index is 3360. The monoisotopic (exact) mass is 1080 g/mol. The zero-order valence-electron chi connectivity index (χ0n) is 39.5. The highest BCUT2D eigenvalue weighted by molar-refractivity contribution is 8.01. The normalized spacial score (nSPS) is 16.4. The van der Waals surface area contributed by atoms with E-state index in [2.05, 4.69) is 10.6 Å². The number of benzene rings is 4. The highest BCUT2D eigenvalue weighted by atomic mass is 35.5. The first-order valence-corrected chi connectivity index (χ1v) is 24.6. The quantitative estimate of drug-likeness (QED) is 0.0265. The third kappa shape index (κ3) is 10.3. The van der Waals surface area contributed by atoms with Gasteiger partial charge in [0.25, 0.3) is 11.8 Å². The highest BCUT2D eigenvalue weighted by Gasteiger charge is 2.56. The Labute approximate surface area is 436 Å². The van der Waals surface area contributed by atoms with Gasteiger partial charge in [-0.2, -0.15) is 0 Å². The molecule has 0 aliphatic carbocycles. The number of hydrogen-bond donors (Lipinski definition) is 2. The van der Waals surface area contributed by atoms with E-state index >= 15 is 0 Å². The summed E-state index contributed by atoms with van der Waals surface area (Å²) < 4.78 is 48.5. The van der Waals surface area contributed by atoms with Crippen LogP contribution in [0.25, 0.3) is 11.0 Å². The van der Waals surface area contributed by atoms with Crippen LogP contribution in [-0.2, 0) is 58.1 Å². The van der Waals surface area contributed by atoms with Crippen molar-refractivity contribution in [1.29, 1.82) is 0 Å². The third-order valence-electron chi connectivity index (χ3n) is 11.6. The Kier molecular flexibility index (Phi) is 14.3. The number of halogens is 1. The SMILES string of the molecule is CC(=O)OCOC(=O)C1=C(CSc2ccc3c(c2)C(=O)OC32c3ccc(OC(C)=O)cc3Oc3cc(OC(C)=O)ccc32)CSC2C(NC(=O)CNC(=O)c3cc4cc(Cl)c(OCOC(C)=O)cc4oc3=O)C(=O)N12. The number of β-lactam (4-membered cyclic amide) rings is 1. The molecule has 1 fully saturated rings. The standard InChI is InChI=1S/C50H38ClN3O19S2/c1-22(55)65-20-67-40-16-37-26(12-36(40)51)11-32(47(62)72-37)44(60)52-17-41(59)53-42-45(61)54-43(49(64)68-21-66-23(2)56)27(19-75-46(42)54)18-74-30-7-10-33-31(15-30)48(63)73-50(33)34-8-5-28(69-24(3)57)13-38(34)71-39-14-29(70-25(4)58)6-9-35(39)50/h5-16,42,46H,17-21H2,1-4H3,(H,52,60)(H,53,59). The molecule has 1 aromatic heterocycles. The van der Waals surface area contributed by atoms with Gasteiger partial charge in [0.1, 0.15) is 57.0 Å². The molecule has 0 radical (unpaired) electrons. The van der Waals surface area contributed by atoms with Gasteiger partial charge in [-0.25, -0.2) is 14.4 Å². The van der Waals surface area contributed by atoms with Gasteiger partial charge in [0, 0.05) is 84.4 Å². The summed E-state index contributed by atoms with van der Waals surface area (Å²) in [5, 5.41) is 4.35. The lowest BCUT2D eigenvalue weighted by Gasteiger charge is -2.49. The number of carbonyl (C=O) groups is 9. The molecule has 1 saturated heterocycles. The van der Waals surface area contributed by atoms with Gasteiger partial charge in [-0.1, -0.05) is 17.7 Å². The first-order valence-electron chi connectivity index (χ1n) is 22.2. The van der Waals surface area contributed by atoms with Crippen molar-refractivity contribution >= 4 is 99.6 Å². The van der Waals surface area contributed by atoms with E-state index in [1.54, 1.807) is 30.3 Å². The molecule has 3 amide bonds. The molecular weight excluding hydrogens is 1050 g/mol. The van der Waals surface area contributed by atoms with Gasteiger partial charge in [-0.05, 0) is 54.1 Å². The van der Waals surface area contributed by atoms with Gasteiger partial charge in [0.2, 0.25) is 19.5 Å². The number of hydrogen-bond acceptors (Lipinski definition) is 21. The van der Waals surface area contributed by atoms with E-state index in [9.17, 15) is 47.9 Å². The van der Waals surface area contributed by atoms with Crippen molar-refractivity contribution in [3.05, 3.63) is 127 Å². The number of rotatable bonds is 15. The molecular formula is C50H38ClN3O19S2. The third-order valence-corrected chi connectivity index (χ3v) is 14.3. The minimum Gasteiger partial charge on any atom is -0.456 e. The summed E-state index contributed by atoms with van der Waals surface area (Å²) in [5.41, 5.74) is -1.34. The average Bonchev–Trinajstić information content (AvgIpc) is 3.65. The summed E-state index contributed by atoms with van der Waals surface area (Å²) in [7, 11) is 0. The molecule has 2 atom stereocenters. The molecule has 5 aromatic rings. The molecule has 25 heteroatoms. The molecule has 0 saturated carbocycles. The largest absolute Gasteiger partial charge is 0.456 e. The van der Waals surface area contributed by atoms with Gasteiger partial charge in [-0.15, -0.1) is 23.5 Å². The topological polar surface area (TPSA) is 285 Å². The molecule has 386 valence electrons. The van der Waals surface area contributed by atoms with Crippen molar-refractivity contribution in [2.24, 2.45) is 0 Å². The van der Waals surface area contributed by atoms with Gasteiger partial charge >= 0.3 is 41.4 Å². The number of nitrogens with one attached hydrogen (secondary N) is 2. The first kappa shape index (κ1) is 51.5. The summed E-state index contributed by atoms with van der Waals surface area (Å²) in [4.78, 5) is 129. The van der Waals surface area contributed by atoms with Crippen LogP contribution in [0, 0.1) is 0 Å². The highest BCUT2D eigenvalue weighted by Crippen LogP contribution is 2.57. The fourth-order valence-corrected chi connectivity index (χ4v) is 11.1. The average molecular weight is 1080 g/mol. The lowest BCUT2D eigenvalue weighted by Crippen LogP contribution is -2.71. The molecule has 0 bridgehead atoms. The Morgan fingerprint density at radius 3 is 2.09 bits per heavy atom.